The highest BCUT2D eigenvalue weighted by Gasteiger charge is 2.07. The Balaban J connectivity index is 2.61. The van der Waals surface area contributed by atoms with Crippen LogP contribution in [0.5, 0.6) is 0 Å². The lowest BCUT2D eigenvalue weighted by atomic mass is 10.1. The average Bonchev–Trinajstić information content (AvgIpc) is 2.30. The van der Waals surface area contributed by atoms with Gasteiger partial charge in [0.25, 0.3) is 0 Å². The molecule has 0 bridgehead atoms. The molecule has 0 radical (unpaired) electrons. The molecule has 0 aliphatic heterocycles. The number of hydrogen-bond acceptors (Lipinski definition) is 3. The third kappa shape index (κ3) is 1.88. The van der Waals surface area contributed by atoms with E-state index in [1.165, 1.54) is 18.2 Å². The minimum absolute atomic E-state index is 0.346. The molecule has 1 aromatic carbocycles. The van der Waals surface area contributed by atoms with Crippen LogP contribution in [0.25, 0.3) is 11.4 Å². The van der Waals surface area contributed by atoms with Crippen LogP contribution in [0.1, 0.15) is 10.4 Å². The fraction of sp³-hybridized carbons (Fsp3) is 0. The second-order valence-electron chi connectivity index (χ2n) is 2.92. The molecule has 0 aliphatic carbocycles. The highest BCUT2D eigenvalue weighted by Crippen LogP contribution is 2.19. The van der Waals surface area contributed by atoms with E-state index in [1.807, 2.05) is 0 Å². The van der Waals surface area contributed by atoms with E-state index in [2.05, 4.69) is 9.97 Å². The zero-order valence-electron chi connectivity index (χ0n) is 7.72. The van der Waals surface area contributed by atoms with E-state index in [4.69, 9.17) is 0 Å². The van der Waals surface area contributed by atoms with Crippen LogP contribution in [0.2, 0.25) is 0 Å². The first-order chi connectivity index (χ1) is 7.31. The second kappa shape index (κ2) is 3.96. The lowest BCUT2D eigenvalue weighted by molar-refractivity contribution is 0.112. The van der Waals surface area contributed by atoms with E-state index in [9.17, 15) is 9.18 Å². The van der Waals surface area contributed by atoms with E-state index in [0.29, 0.717) is 23.2 Å². The number of carbonyl (C=O) groups is 1. The topological polar surface area (TPSA) is 42.9 Å². The van der Waals surface area contributed by atoms with E-state index in [0.717, 1.165) is 0 Å². The van der Waals surface area contributed by atoms with Crippen molar-refractivity contribution < 1.29 is 9.18 Å². The number of halogens is 1. The molecule has 0 amide bonds. The van der Waals surface area contributed by atoms with Gasteiger partial charge in [0.1, 0.15) is 5.82 Å². The molecule has 2 rings (SSSR count). The largest absolute Gasteiger partial charge is 0.298 e. The zero-order valence-corrected chi connectivity index (χ0v) is 7.72. The molecule has 0 saturated carbocycles. The Bertz CT molecular complexity index is 485. The molecule has 0 spiro atoms. The summed E-state index contributed by atoms with van der Waals surface area (Å²) in [5, 5.41) is 0. The van der Waals surface area contributed by atoms with Gasteiger partial charge in [0, 0.05) is 23.5 Å². The van der Waals surface area contributed by atoms with Crippen molar-refractivity contribution in [1.29, 1.82) is 0 Å². The number of aldehydes is 1. The molecule has 1 aromatic heterocycles. The van der Waals surface area contributed by atoms with Gasteiger partial charge in [0.05, 0.1) is 0 Å². The number of benzene rings is 1. The Morgan fingerprint density at radius 3 is 2.60 bits per heavy atom. The molecule has 0 fully saturated rings. The normalized spacial score (nSPS) is 9.93. The maximum Gasteiger partial charge on any atom is 0.159 e. The summed E-state index contributed by atoms with van der Waals surface area (Å²) in [5.74, 6) is -0.0675. The van der Waals surface area contributed by atoms with E-state index < -0.39 is 5.82 Å². The van der Waals surface area contributed by atoms with Crippen LogP contribution in [0, 0.1) is 5.82 Å². The van der Waals surface area contributed by atoms with Gasteiger partial charge in [-0.15, -0.1) is 0 Å². The smallest absolute Gasteiger partial charge is 0.159 e. The summed E-state index contributed by atoms with van der Waals surface area (Å²) in [5.41, 5.74) is 0.785. The Labute approximate surface area is 85.6 Å². The molecule has 0 aliphatic rings. The molecule has 0 atom stereocenters. The van der Waals surface area contributed by atoms with Crippen molar-refractivity contribution in [2.75, 3.05) is 0 Å². The number of aromatic nitrogens is 2. The summed E-state index contributed by atoms with van der Waals surface area (Å²) < 4.78 is 13.0. The Morgan fingerprint density at radius 2 is 1.93 bits per heavy atom. The quantitative estimate of drug-likeness (QED) is 0.700. The van der Waals surface area contributed by atoms with Crippen molar-refractivity contribution >= 4 is 6.29 Å². The number of rotatable bonds is 2. The van der Waals surface area contributed by atoms with Gasteiger partial charge in [-0.25, -0.2) is 14.4 Å². The lowest BCUT2D eigenvalue weighted by Gasteiger charge is -2.02. The molecular weight excluding hydrogens is 195 g/mol. The molecule has 0 unspecified atom stereocenters. The van der Waals surface area contributed by atoms with Gasteiger partial charge in [-0.3, -0.25) is 4.79 Å². The first-order valence-corrected chi connectivity index (χ1v) is 4.33. The lowest BCUT2D eigenvalue weighted by Crippen LogP contribution is -1.93. The van der Waals surface area contributed by atoms with E-state index >= 15 is 0 Å². The van der Waals surface area contributed by atoms with Gasteiger partial charge in [-0.1, -0.05) is 0 Å². The third-order valence-corrected chi connectivity index (χ3v) is 1.95. The SMILES string of the molecule is O=Cc1ccc(F)cc1-c1ncccn1. The van der Waals surface area contributed by atoms with E-state index in [1.54, 1.807) is 18.5 Å². The average molecular weight is 202 g/mol. The third-order valence-electron chi connectivity index (χ3n) is 1.95. The monoisotopic (exact) mass is 202 g/mol. The first kappa shape index (κ1) is 9.45. The predicted molar refractivity (Wildman–Crippen MR) is 52.8 cm³/mol. The molecule has 1 heterocycles. The predicted octanol–water partition coefficient (Wildman–Crippen LogP) is 2.10. The second-order valence-corrected chi connectivity index (χ2v) is 2.92. The number of nitrogens with zero attached hydrogens (tertiary/aromatic N) is 2. The van der Waals surface area contributed by atoms with Crippen LogP contribution in [-0.2, 0) is 0 Å². The van der Waals surface area contributed by atoms with Crippen LogP contribution >= 0.6 is 0 Å². The zero-order chi connectivity index (χ0) is 10.7. The fourth-order valence-electron chi connectivity index (χ4n) is 1.26. The van der Waals surface area contributed by atoms with Crippen molar-refractivity contribution in [1.82, 2.24) is 9.97 Å². The van der Waals surface area contributed by atoms with E-state index in [-0.39, 0.29) is 0 Å². The summed E-state index contributed by atoms with van der Waals surface area (Å²) in [6.45, 7) is 0. The van der Waals surface area contributed by atoms with Crippen LogP contribution in [0.3, 0.4) is 0 Å². The molecule has 15 heavy (non-hydrogen) atoms. The highest BCUT2D eigenvalue weighted by atomic mass is 19.1. The Hall–Kier alpha value is -2.10. The molecule has 3 nitrogen and oxygen atoms in total. The maximum absolute atomic E-state index is 13.0. The van der Waals surface area contributed by atoms with Crippen molar-refractivity contribution in [3.63, 3.8) is 0 Å². The summed E-state index contributed by atoms with van der Waals surface area (Å²) in [4.78, 5) is 18.7. The highest BCUT2D eigenvalue weighted by molar-refractivity contribution is 5.85. The molecule has 0 saturated heterocycles. The molecule has 74 valence electrons. The summed E-state index contributed by atoms with van der Waals surface area (Å²) >= 11 is 0. The van der Waals surface area contributed by atoms with Gasteiger partial charge in [-0.2, -0.15) is 0 Å². The van der Waals surface area contributed by atoms with Gasteiger partial charge in [0.15, 0.2) is 12.1 Å². The number of hydrogen-bond donors (Lipinski definition) is 0. The van der Waals surface area contributed by atoms with Gasteiger partial charge in [-0.05, 0) is 24.3 Å². The van der Waals surface area contributed by atoms with Crippen molar-refractivity contribution in [3.05, 3.63) is 48.0 Å². The van der Waals surface area contributed by atoms with Gasteiger partial charge >= 0.3 is 0 Å². The van der Waals surface area contributed by atoms with Crippen molar-refractivity contribution in [2.45, 2.75) is 0 Å². The van der Waals surface area contributed by atoms with Crippen LogP contribution in [0.4, 0.5) is 4.39 Å². The summed E-state index contributed by atoms with van der Waals surface area (Å²) in [7, 11) is 0. The first-order valence-electron chi connectivity index (χ1n) is 4.33. The minimum atomic E-state index is -0.414. The van der Waals surface area contributed by atoms with Crippen LogP contribution in [-0.4, -0.2) is 16.3 Å². The molecule has 4 heteroatoms. The number of carbonyl (C=O) groups excluding carboxylic acids is 1. The van der Waals surface area contributed by atoms with Crippen LogP contribution in [0.15, 0.2) is 36.7 Å². The summed E-state index contributed by atoms with van der Waals surface area (Å²) in [6.07, 6.45) is 3.74. The van der Waals surface area contributed by atoms with Crippen LogP contribution < -0.4 is 0 Å². The molecule has 2 aromatic rings. The van der Waals surface area contributed by atoms with Gasteiger partial charge < -0.3 is 0 Å². The Kier molecular flexibility index (Phi) is 2.49. The molecule has 0 N–H and O–H groups in total. The maximum atomic E-state index is 13.0. The molecular formula is C11H7FN2O. The minimum Gasteiger partial charge on any atom is -0.298 e. The van der Waals surface area contributed by atoms with Crippen molar-refractivity contribution in [2.24, 2.45) is 0 Å². The standard InChI is InChI=1S/C11H7FN2O/c12-9-3-2-8(7-15)10(6-9)11-13-4-1-5-14-11/h1-7H. The van der Waals surface area contributed by atoms with Gasteiger partial charge in [0.2, 0.25) is 0 Å². The summed E-state index contributed by atoms with van der Waals surface area (Å²) in [6, 6.07) is 5.55. The Morgan fingerprint density at radius 1 is 1.20 bits per heavy atom. The van der Waals surface area contributed by atoms with Crippen molar-refractivity contribution in [3.8, 4) is 11.4 Å². The fourth-order valence-corrected chi connectivity index (χ4v) is 1.26.